The Bertz CT molecular complexity index is 772. The molecular weight excluding hydrogens is 346 g/mol. The van der Waals surface area contributed by atoms with Gasteiger partial charge in [0.25, 0.3) is 5.56 Å². The summed E-state index contributed by atoms with van der Waals surface area (Å²) < 4.78 is 2.50. The van der Waals surface area contributed by atoms with E-state index in [1.807, 2.05) is 12.1 Å². The Morgan fingerprint density at radius 3 is 3.05 bits per heavy atom. The fourth-order valence-corrected chi connectivity index (χ4v) is 3.66. The molecule has 1 aliphatic rings. The Labute approximate surface area is 136 Å². The largest absolute Gasteiger partial charge is 0.359 e. The summed E-state index contributed by atoms with van der Waals surface area (Å²) in [4.78, 5) is 28.9. The smallest absolute Gasteiger partial charge is 0.261 e. The van der Waals surface area contributed by atoms with Crippen LogP contribution >= 0.6 is 15.9 Å². The van der Waals surface area contributed by atoms with Gasteiger partial charge in [-0.25, -0.2) is 4.98 Å². The molecule has 1 saturated carbocycles. The number of halogens is 1. The summed E-state index contributed by atoms with van der Waals surface area (Å²) in [5, 5.41) is 3.33. The number of hydrogen-bond acceptors (Lipinski definition) is 3. The van der Waals surface area contributed by atoms with Crippen LogP contribution in [0.3, 0.4) is 0 Å². The van der Waals surface area contributed by atoms with Gasteiger partial charge in [-0.2, -0.15) is 0 Å². The molecule has 5 nitrogen and oxygen atoms in total. The van der Waals surface area contributed by atoms with E-state index in [1.54, 1.807) is 24.0 Å². The van der Waals surface area contributed by atoms with E-state index in [9.17, 15) is 9.59 Å². The monoisotopic (exact) mass is 363 g/mol. The number of benzene rings is 1. The molecule has 2 aromatic rings. The lowest BCUT2D eigenvalue weighted by Crippen LogP contribution is -2.33. The molecule has 1 N–H and O–H groups in total. The summed E-state index contributed by atoms with van der Waals surface area (Å²) in [5.41, 5.74) is 0.646. The minimum atomic E-state index is -0.0474. The van der Waals surface area contributed by atoms with Crippen molar-refractivity contribution >= 4 is 32.7 Å². The maximum Gasteiger partial charge on any atom is 0.261 e. The number of hydrogen-bond donors (Lipinski definition) is 1. The molecule has 1 heterocycles. The number of nitrogens with one attached hydrogen (secondary N) is 1. The first-order valence-electron chi connectivity index (χ1n) is 7.46. The van der Waals surface area contributed by atoms with Gasteiger partial charge in [0.2, 0.25) is 5.91 Å². The second-order valence-corrected chi connectivity index (χ2v) is 6.69. The molecule has 0 aliphatic heterocycles. The number of carbonyl (C=O) groups excluding carboxylic acids is 1. The quantitative estimate of drug-likeness (QED) is 0.909. The van der Waals surface area contributed by atoms with E-state index in [4.69, 9.17) is 0 Å². The molecule has 0 radical (unpaired) electrons. The van der Waals surface area contributed by atoms with Crippen LogP contribution in [0.2, 0.25) is 0 Å². The average molecular weight is 364 g/mol. The predicted molar refractivity (Wildman–Crippen MR) is 88.6 cm³/mol. The summed E-state index contributed by atoms with van der Waals surface area (Å²) in [6.45, 7) is 0.548. The standard InChI is InChI=1S/C16H18BrN3O2/c1-18-15(21)12-4-2-3-10(12)8-20-9-19-14-6-5-11(17)7-13(14)16(20)22/h5-7,9-10,12H,2-4,8H2,1H3,(H,18,21). The van der Waals surface area contributed by atoms with Crippen LogP contribution in [0.4, 0.5) is 0 Å². The fraction of sp³-hybridized carbons (Fsp3) is 0.438. The lowest BCUT2D eigenvalue weighted by Gasteiger charge is -2.19. The van der Waals surface area contributed by atoms with Crippen molar-refractivity contribution in [2.75, 3.05) is 7.05 Å². The van der Waals surface area contributed by atoms with Crippen LogP contribution in [0.1, 0.15) is 19.3 Å². The highest BCUT2D eigenvalue weighted by Gasteiger charge is 2.32. The highest BCUT2D eigenvalue weighted by atomic mass is 79.9. The average Bonchev–Trinajstić information content (AvgIpc) is 2.98. The van der Waals surface area contributed by atoms with Gasteiger partial charge in [-0.05, 0) is 37.0 Å². The highest BCUT2D eigenvalue weighted by Crippen LogP contribution is 2.32. The van der Waals surface area contributed by atoms with Crippen molar-refractivity contribution in [1.29, 1.82) is 0 Å². The van der Waals surface area contributed by atoms with E-state index < -0.39 is 0 Å². The molecule has 0 bridgehead atoms. The predicted octanol–water partition coefficient (Wildman–Crippen LogP) is 2.32. The minimum absolute atomic E-state index is 0.00453. The van der Waals surface area contributed by atoms with Gasteiger partial charge in [-0.3, -0.25) is 14.2 Å². The van der Waals surface area contributed by atoms with Gasteiger partial charge in [0.15, 0.2) is 0 Å². The van der Waals surface area contributed by atoms with Crippen molar-refractivity contribution in [2.45, 2.75) is 25.8 Å². The SMILES string of the molecule is CNC(=O)C1CCCC1Cn1cnc2ccc(Br)cc2c1=O. The van der Waals surface area contributed by atoms with Crippen LogP contribution in [-0.2, 0) is 11.3 Å². The van der Waals surface area contributed by atoms with Crippen LogP contribution < -0.4 is 10.9 Å². The maximum atomic E-state index is 12.6. The Morgan fingerprint density at radius 1 is 1.45 bits per heavy atom. The molecular formula is C16H18BrN3O2. The highest BCUT2D eigenvalue weighted by molar-refractivity contribution is 9.10. The zero-order chi connectivity index (χ0) is 15.7. The molecule has 0 saturated heterocycles. The summed E-state index contributed by atoms with van der Waals surface area (Å²) in [5.74, 6) is 0.270. The summed E-state index contributed by atoms with van der Waals surface area (Å²) >= 11 is 3.39. The van der Waals surface area contributed by atoms with Crippen molar-refractivity contribution in [1.82, 2.24) is 14.9 Å². The summed E-state index contributed by atoms with van der Waals surface area (Å²) in [7, 11) is 1.67. The molecule has 6 heteroatoms. The number of nitrogens with zero attached hydrogens (tertiary/aromatic N) is 2. The van der Waals surface area contributed by atoms with Crippen LogP contribution in [0, 0.1) is 11.8 Å². The lowest BCUT2D eigenvalue weighted by molar-refractivity contribution is -0.125. The molecule has 116 valence electrons. The number of fused-ring (bicyclic) bond motifs is 1. The molecule has 22 heavy (non-hydrogen) atoms. The topological polar surface area (TPSA) is 64.0 Å². The zero-order valence-corrected chi connectivity index (χ0v) is 14.0. The van der Waals surface area contributed by atoms with Gasteiger partial charge < -0.3 is 5.32 Å². The van der Waals surface area contributed by atoms with E-state index in [1.165, 1.54) is 0 Å². The third-order valence-electron chi connectivity index (χ3n) is 4.46. The van der Waals surface area contributed by atoms with Gasteiger partial charge in [0.05, 0.1) is 17.2 Å². The molecule has 1 aromatic heterocycles. The van der Waals surface area contributed by atoms with Crippen LogP contribution in [0.5, 0.6) is 0 Å². The van der Waals surface area contributed by atoms with E-state index >= 15 is 0 Å². The van der Waals surface area contributed by atoms with Crippen LogP contribution in [0.15, 0.2) is 33.8 Å². The van der Waals surface area contributed by atoms with Crippen LogP contribution in [0.25, 0.3) is 10.9 Å². The van der Waals surface area contributed by atoms with Crippen molar-refractivity contribution in [3.8, 4) is 0 Å². The van der Waals surface area contributed by atoms with Gasteiger partial charge in [-0.1, -0.05) is 22.4 Å². The van der Waals surface area contributed by atoms with Gasteiger partial charge in [0.1, 0.15) is 0 Å². The molecule has 3 rings (SSSR count). The maximum absolute atomic E-state index is 12.6. The van der Waals surface area contributed by atoms with Crippen LogP contribution in [-0.4, -0.2) is 22.5 Å². The minimum Gasteiger partial charge on any atom is -0.359 e. The van der Waals surface area contributed by atoms with Crippen molar-refractivity contribution in [3.05, 3.63) is 39.4 Å². The molecule has 1 fully saturated rings. The third-order valence-corrected chi connectivity index (χ3v) is 4.95. The van der Waals surface area contributed by atoms with Crippen molar-refractivity contribution in [3.63, 3.8) is 0 Å². The first-order chi connectivity index (χ1) is 10.6. The number of amides is 1. The first kappa shape index (κ1) is 15.2. The van der Waals surface area contributed by atoms with Gasteiger partial charge in [0, 0.05) is 24.0 Å². The Hall–Kier alpha value is -1.69. The summed E-state index contributed by atoms with van der Waals surface area (Å²) in [6, 6.07) is 5.50. The molecule has 2 unspecified atom stereocenters. The third kappa shape index (κ3) is 2.79. The Morgan fingerprint density at radius 2 is 2.27 bits per heavy atom. The van der Waals surface area contributed by atoms with E-state index in [0.717, 1.165) is 23.7 Å². The number of carbonyl (C=O) groups is 1. The second-order valence-electron chi connectivity index (χ2n) is 5.78. The zero-order valence-electron chi connectivity index (χ0n) is 12.4. The Balaban J connectivity index is 1.92. The second kappa shape index (κ2) is 6.20. The molecule has 2 atom stereocenters. The molecule has 0 spiro atoms. The van der Waals surface area contributed by atoms with E-state index in [0.29, 0.717) is 17.4 Å². The summed E-state index contributed by atoms with van der Waals surface area (Å²) in [6.07, 6.45) is 4.49. The van der Waals surface area contributed by atoms with E-state index in [2.05, 4.69) is 26.2 Å². The first-order valence-corrected chi connectivity index (χ1v) is 8.25. The van der Waals surface area contributed by atoms with E-state index in [-0.39, 0.29) is 23.3 Å². The number of rotatable bonds is 3. The van der Waals surface area contributed by atoms with Gasteiger partial charge in [-0.15, -0.1) is 0 Å². The molecule has 1 aromatic carbocycles. The Kier molecular flexibility index (Phi) is 4.29. The lowest BCUT2D eigenvalue weighted by atomic mass is 9.95. The normalized spacial score (nSPS) is 21.2. The molecule has 1 amide bonds. The fourth-order valence-electron chi connectivity index (χ4n) is 3.30. The van der Waals surface area contributed by atoms with Gasteiger partial charge >= 0.3 is 0 Å². The van der Waals surface area contributed by atoms with Crippen molar-refractivity contribution < 1.29 is 4.79 Å². The van der Waals surface area contributed by atoms with Crippen molar-refractivity contribution in [2.24, 2.45) is 11.8 Å². The number of aromatic nitrogens is 2. The molecule has 1 aliphatic carbocycles.